The normalized spacial score (nSPS) is 19.6. The van der Waals surface area contributed by atoms with Crippen LogP contribution in [0.5, 0.6) is 0 Å². The highest BCUT2D eigenvalue weighted by molar-refractivity contribution is 5.92. The van der Waals surface area contributed by atoms with Gasteiger partial charge in [0, 0.05) is 18.8 Å². The van der Waals surface area contributed by atoms with Gasteiger partial charge in [-0.3, -0.25) is 9.69 Å². The minimum Gasteiger partial charge on any atom is -0.396 e. The van der Waals surface area contributed by atoms with E-state index in [4.69, 9.17) is 5.11 Å². The first-order chi connectivity index (χ1) is 9.08. The van der Waals surface area contributed by atoms with Crippen LogP contribution in [0.15, 0.2) is 18.2 Å². The van der Waals surface area contributed by atoms with E-state index in [1.165, 1.54) is 11.1 Å². The van der Waals surface area contributed by atoms with Crippen LogP contribution in [0.2, 0.25) is 0 Å². The van der Waals surface area contributed by atoms with Crippen LogP contribution in [0.3, 0.4) is 0 Å². The van der Waals surface area contributed by atoms with Crippen LogP contribution in [0, 0.1) is 19.8 Å². The summed E-state index contributed by atoms with van der Waals surface area (Å²) in [6, 6.07) is 5.94. The van der Waals surface area contributed by atoms with Crippen LogP contribution in [0.25, 0.3) is 0 Å². The third-order valence-electron chi connectivity index (χ3n) is 3.79. The Bertz CT molecular complexity index is 459. The monoisotopic (exact) mass is 262 g/mol. The van der Waals surface area contributed by atoms with Crippen molar-refractivity contribution in [2.45, 2.75) is 20.3 Å². The molecule has 1 aliphatic rings. The lowest BCUT2D eigenvalue weighted by atomic mass is 10.1. The Morgan fingerprint density at radius 3 is 2.84 bits per heavy atom. The molecule has 104 valence electrons. The number of carbonyl (C=O) groups is 1. The highest BCUT2D eigenvalue weighted by Gasteiger charge is 2.23. The van der Waals surface area contributed by atoms with Crippen molar-refractivity contribution in [3.63, 3.8) is 0 Å². The number of hydrogen-bond donors (Lipinski definition) is 2. The van der Waals surface area contributed by atoms with E-state index in [2.05, 4.69) is 17.1 Å². The van der Waals surface area contributed by atoms with Gasteiger partial charge < -0.3 is 10.4 Å². The number of nitrogens with one attached hydrogen (secondary N) is 1. The summed E-state index contributed by atoms with van der Waals surface area (Å²) in [6.45, 7) is 6.43. The van der Waals surface area contributed by atoms with Crippen molar-refractivity contribution in [1.82, 2.24) is 4.90 Å². The van der Waals surface area contributed by atoms with Gasteiger partial charge >= 0.3 is 0 Å². The van der Waals surface area contributed by atoms with Crippen LogP contribution in [-0.4, -0.2) is 42.2 Å². The number of rotatable bonds is 4. The zero-order chi connectivity index (χ0) is 13.8. The summed E-state index contributed by atoms with van der Waals surface area (Å²) >= 11 is 0. The van der Waals surface area contributed by atoms with Gasteiger partial charge in [0.25, 0.3) is 0 Å². The Morgan fingerprint density at radius 1 is 1.42 bits per heavy atom. The lowest BCUT2D eigenvalue weighted by molar-refractivity contribution is -0.117. The first-order valence-corrected chi connectivity index (χ1v) is 6.79. The second-order valence-corrected chi connectivity index (χ2v) is 5.42. The van der Waals surface area contributed by atoms with E-state index in [9.17, 15) is 4.79 Å². The van der Waals surface area contributed by atoms with Crippen molar-refractivity contribution in [3.8, 4) is 0 Å². The van der Waals surface area contributed by atoms with E-state index in [-0.39, 0.29) is 12.5 Å². The second-order valence-electron chi connectivity index (χ2n) is 5.42. The molecular formula is C15H22N2O2. The maximum absolute atomic E-state index is 11.9. The maximum atomic E-state index is 11.9. The van der Waals surface area contributed by atoms with Crippen molar-refractivity contribution < 1.29 is 9.90 Å². The fourth-order valence-electron chi connectivity index (χ4n) is 2.43. The molecule has 2 N–H and O–H groups in total. The van der Waals surface area contributed by atoms with Crippen LogP contribution in [0.1, 0.15) is 17.5 Å². The predicted octanol–water partition coefficient (Wildman–Crippen LogP) is 1.56. The first kappa shape index (κ1) is 14.0. The number of anilines is 1. The minimum absolute atomic E-state index is 0.0156. The molecule has 1 saturated heterocycles. The molecule has 4 heteroatoms. The first-order valence-electron chi connectivity index (χ1n) is 6.79. The maximum Gasteiger partial charge on any atom is 0.238 e. The fourth-order valence-corrected chi connectivity index (χ4v) is 2.43. The minimum atomic E-state index is 0.0156. The second kappa shape index (κ2) is 6.17. The van der Waals surface area contributed by atoms with Crippen LogP contribution < -0.4 is 5.32 Å². The van der Waals surface area contributed by atoms with Crippen molar-refractivity contribution in [2.75, 3.05) is 31.6 Å². The molecule has 1 aromatic carbocycles. The molecule has 0 radical (unpaired) electrons. The molecule has 0 aliphatic carbocycles. The predicted molar refractivity (Wildman–Crippen MR) is 76.2 cm³/mol. The Morgan fingerprint density at radius 2 is 2.21 bits per heavy atom. The van der Waals surface area contributed by atoms with Gasteiger partial charge in [0.15, 0.2) is 0 Å². The standard InChI is InChI=1S/C15H22N2O2/c1-11-3-4-14(7-12(11)2)16-15(19)9-17-6-5-13(8-17)10-18/h3-4,7,13,18H,5-6,8-10H2,1-2H3,(H,16,19). The molecule has 4 nitrogen and oxygen atoms in total. The van der Waals surface area contributed by atoms with Crippen LogP contribution in [-0.2, 0) is 4.79 Å². The summed E-state index contributed by atoms with van der Waals surface area (Å²) in [4.78, 5) is 14.0. The number of nitrogens with zero attached hydrogens (tertiary/aromatic N) is 1. The smallest absolute Gasteiger partial charge is 0.238 e. The molecule has 0 bridgehead atoms. The van der Waals surface area contributed by atoms with Gasteiger partial charge in [-0.25, -0.2) is 0 Å². The number of carbonyl (C=O) groups excluding carboxylic acids is 1. The van der Waals surface area contributed by atoms with E-state index in [1.54, 1.807) is 0 Å². The Balaban J connectivity index is 1.86. The lowest BCUT2D eigenvalue weighted by Gasteiger charge is -2.15. The van der Waals surface area contributed by atoms with Crippen LogP contribution in [0.4, 0.5) is 5.69 Å². The SMILES string of the molecule is Cc1ccc(NC(=O)CN2CCC(CO)C2)cc1C. The molecule has 1 aliphatic heterocycles. The number of aliphatic hydroxyl groups is 1. The van der Waals surface area contributed by atoms with Gasteiger partial charge in [0.05, 0.1) is 6.54 Å². The number of aryl methyl sites for hydroxylation is 2. The lowest BCUT2D eigenvalue weighted by Crippen LogP contribution is -2.31. The van der Waals surface area contributed by atoms with E-state index in [1.807, 2.05) is 25.1 Å². The Hall–Kier alpha value is -1.39. The Labute approximate surface area is 114 Å². The summed E-state index contributed by atoms with van der Waals surface area (Å²) in [7, 11) is 0. The average Bonchev–Trinajstić information content (AvgIpc) is 2.81. The number of likely N-dealkylation sites (tertiary alicyclic amines) is 1. The van der Waals surface area contributed by atoms with Gasteiger partial charge in [-0.1, -0.05) is 6.07 Å². The summed E-state index contributed by atoms with van der Waals surface area (Å²) in [6.07, 6.45) is 0.980. The number of benzene rings is 1. The van der Waals surface area contributed by atoms with Crippen molar-refractivity contribution in [3.05, 3.63) is 29.3 Å². The largest absolute Gasteiger partial charge is 0.396 e. The zero-order valence-electron chi connectivity index (χ0n) is 11.6. The number of amides is 1. The number of hydrogen-bond acceptors (Lipinski definition) is 3. The summed E-state index contributed by atoms with van der Waals surface area (Å²) < 4.78 is 0. The zero-order valence-corrected chi connectivity index (χ0v) is 11.6. The van der Waals surface area contributed by atoms with Gasteiger partial charge in [0.2, 0.25) is 5.91 Å². The van der Waals surface area contributed by atoms with Gasteiger partial charge in [0.1, 0.15) is 0 Å². The van der Waals surface area contributed by atoms with Gasteiger partial charge in [-0.05, 0) is 56.0 Å². The third-order valence-corrected chi connectivity index (χ3v) is 3.79. The molecule has 1 aromatic rings. The number of aliphatic hydroxyl groups excluding tert-OH is 1. The summed E-state index contributed by atoms with van der Waals surface area (Å²) in [5, 5.41) is 12.0. The molecule has 1 unspecified atom stereocenters. The van der Waals surface area contributed by atoms with E-state index < -0.39 is 0 Å². The molecule has 0 spiro atoms. The van der Waals surface area contributed by atoms with Gasteiger partial charge in [-0.2, -0.15) is 0 Å². The van der Waals surface area contributed by atoms with Crippen molar-refractivity contribution in [1.29, 1.82) is 0 Å². The van der Waals surface area contributed by atoms with Crippen LogP contribution >= 0.6 is 0 Å². The van der Waals surface area contributed by atoms with E-state index in [0.29, 0.717) is 12.5 Å². The highest BCUT2D eigenvalue weighted by atomic mass is 16.3. The van der Waals surface area contributed by atoms with E-state index in [0.717, 1.165) is 25.2 Å². The fraction of sp³-hybridized carbons (Fsp3) is 0.533. The molecule has 0 aromatic heterocycles. The topological polar surface area (TPSA) is 52.6 Å². The molecular weight excluding hydrogens is 240 g/mol. The molecule has 0 saturated carbocycles. The molecule has 1 amide bonds. The molecule has 19 heavy (non-hydrogen) atoms. The van der Waals surface area contributed by atoms with Crippen molar-refractivity contribution in [2.24, 2.45) is 5.92 Å². The van der Waals surface area contributed by atoms with E-state index >= 15 is 0 Å². The summed E-state index contributed by atoms with van der Waals surface area (Å²) in [5.41, 5.74) is 3.26. The quantitative estimate of drug-likeness (QED) is 0.865. The third kappa shape index (κ3) is 3.78. The summed E-state index contributed by atoms with van der Waals surface area (Å²) in [5.74, 6) is 0.344. The van der Waals surface area contributed by atoms with Crippen molar-refractivity contribution >= 4 is 11.6 Å². The molecule has 1 atom stereocenters. The average molecular weight is 262 g/mol. The molecule has 1 heterocycles. The molecule has 1 fully saturated rings. The van der Waals surface area contributed by atoms with Gasteiger partial charge in [-0.15, -0.1) is 0 Å². The Kier molecular flexibility index (Phi) is 4.56. The molecule has 2 rings (SSSR count). The highest BCUT2D eigenvalue weighted by Crippen LogP contribution is 2.16.